The van der Waals surface area contributed by atoms with Crippen LogP contribution in [-0.2, 0) is 20.7 Å². The number of benzene rings is 2. The second-order valence-corrected chi connectivity index (χ2v) is 4.43. The molecule has 0 saturated carbocycles. The number of carboxylic acids is 1. The number of carboxylic acid groups (broad SMARTS) is 1. The largest absolute Gasteiger partial charge is 0.482 e. The lowest BCUT2D eigenvalue weighted by molar-refractivity contribution is -0.145. The molecule has 0 heterocycles. The first-order valence-electron chi connectivity index (χ1n) is 6.62. The van der Waals surface area contributed by atoms with Gasteiger partial charge in [-0.05, 0) is 23.8 Å². The standard InChI is InChI=1S/C16H16O5/c1-2-20-16(19)10-21-14-8-7-11-5-3-4-6-12(11)13(14)9-15(17)18/h3-8H,2,9-10H2,1H3,(H,17,18). The molecule has 110 valence electrons. The van der Waals surface area contributed by atoms with Gasteiger partial charge in [0.15, 0.2) is 6.61 Å². The Morgan fingerprint density at radius 3 is 2.62 bits per heavy atom. The van der Waals surface area contributed by atoms with Crippen LogP contribution >= 0.6 is 0 Å². The van der Waals surface area contributed by atoms with E-state index in [-0.39, 0.29) is 19.6 Å². The van der Waals surface area contributed by atoms with E-state index in [0.717, 1.165) is 10.8 Å². The molecular formula is C16H16O5. The Balaban J connectivity index is 2.33. The molecule has 0 radical (unpaired) electrons. The minimum atomic E-state index is -0.952. The zero-order chi connectivity index (χ0) is 15.2. The Morgan fingerprint density at radius 2 is 1.90 bits per heavy atom. The Kier molecular flexibility index (Phi) is 4.77. The molecule has 1 N–H and O–H groups in total. The van der Waals surface area contributed by atoms with E-state index in [1.807, 2.05) is 30.3 Å². The smallest absolute Gasteiger partial charge is 0.344 e. The van der Waals surface area contributed by atoms with Gasteiger partial charge in [0.1, 0.15) is 5.75 Å². The van der Waals surface area contributed by atoms with Gasteiger partial charge in [-0.1, -0.05) is 30.3 Å². The Labute approximate surface area is 122 Å². The summed E-state index contributed by atoms with van der Waals surface area (Å²) < 4.78 is 10.2. The van der Waals surface area contributed by atoms with E-state index in [1.54, 1.807) is 13.0 Å². The molecule has 21 heavy (non-hydrogen) atoms. The van der Waals surface area contributed by atoms with Crippen molar-refractivity contribution in [3.05, 3.63) is 42.0 Å². The van der Waals surface area contributed by atoms with Gasteiger partial charge >= 0.3 is 11.9 Å². The first kappa shape index (κ1) is 14.8. The number of fused-ring (bicyclic) bond motifs is 1. The van der Waals surface area contributed by atoms with Crippen molar-refractivity contribution >= 4 is 22.7 Å². The minimum absolute atomic E-state index is 0.167. The SMILES string of the molecule is CCOC(=O)COc1ccc2ccccc2c1CC(=O)O. The number of hydrogen-bond acceptors (Lipinski definition) is 4. The molecule has 0 aliphatic heterocycles. The highest BCUT2D eigenvalue weighted by Crippen LogP contribution is 2.28. The second-order valence-electron chi connectivity index (χ2n) is 4.43. The van der Waals surface area contributed by atoms with Crippen molar-refractivity contribution in [3.8, 4) is 5.75 Å². The average Bonchev–Trinajstić information content (AvgIpc) is 2.46. The lowest BCUT2D eigenvalue weighted by Gasteiger charge is -2.12. The van der Waals surface area contributed by atoms with Crippen LogP contribution in [0.5, 0.6) is 5.75 Å². The van der Waals surface area contributed by atoms with Crippen LogP contribution in [0, 0.1) is 0 Å². The van der Waals surface area contributed by atoms with Gasteiger partial charge in [-0.2, -0.15) is 0 Å². The molecule has 2 aromatic carbocycles. The maximum Gasteiger partial charge on any atom is 0.344 e. The number of ether oxygens (including phenoxy) is 2. The minimum Gasteiger partial charge on any atom is -0.482 e. The molecule has 0 aliphatic rings. The molecule has 0 saturated heterocycles. The van der Waals surface area contributed by atoms with E-state index in [0.29, 0.717) is 11.3 Å². The van der Waals surface area contributed by atoms with Crippen LogP contribution in [0.2, 0.25) is 0 Å². The van der Waals surface area contributed by atoms with Crippen LogP contribution in [0.4, 0.5) is 0 Å². The molecule has 2 rings (SSSR count). The Morgan fingerprint density at radius 1 is 1.14 bits per heavy atom. The summed E-state index contributed by atoms with van der Waals surface area (Å²) in [5.41, 5.74) is 0.560. The van der Waals surface area contributed by atoms with Gasteiger partial charge in [-0.15, -0.1) is 0 Å². The Hall–Kier alpha value is -2.56. The van der Waals surface area contributed by atoms with Crippen molar-refractivity contribution in [2.45, 2.75) is 13.3 Å². The number of esters is 1. The van der Waals surface area contributed by atoms with Crippen LogP contribution in [0.25, 0.3) is 10.8 Å². The van der Waals surface area contributed by atoms with Crippen molar-refractivity contribution in [2.24, 2.45) is 0 Å². The fourth-order valence-electron chi connectivity index (χ4n) is 2.12. The van der Waals surface area contributed by atoms with Crippen molar-refractivity contribution in [1.82, 2.24) is 0 Å². The van der Waals surface area contributed by atoms with Gasteiger partial charge in [0.25, 0.3) is 0 Å². The summed E-state index contributed by atoms with van der Waals surface area (Å²) in [6.45, 7) is 1.75. The normalized spacial score (nSPS) is 10.3. The first-order chi connectivity index (χ1) is 10.1. The van der Waals surface area contributed by atoms with Crippen molar-refractivity contribution in [3.63, 3.8) is 0 Å². The van der Waals surface area contributed by atoms with E-state index < -0.39 is 11.9 Å². The summed E-state index contributed by atoms with van der Waals surface area (Å²) in [6.07, 6.45) is -0.167. The monoisotopic (exact) mass is 288 g/mol. The number of hydrogen-bond donors (Lipinski definition) is 1. The molecule has 2 aromatic rings. The first-order valence-corrected chi connectivity index (χ1v) is 6.62. The van der Waals surface area contributed by atoms with Crippen molar-refractivity contribution in [2.75, 3.05) is 13.2 Å². The Bertz CT molecular complexity index is 663. The summed E-state index contributed by atoms with van der Waals surface area (Å²) in [5, 5.41) is 10.8. The zero-order valence-corrected chi connectivity index (χ0v) is 11.7. The number of carbonyl (C=O) groups excluding carboxylic acids is 1. The summed E-state index contributed by atoms with van der Waals surface area (Å²) in [7, 11) is 0. The van der Waals surface area contributed by atoms with Crippen LogP contribution in [-0.4, -0.2) is 30.3 Å². The summed E-state index contributed by atoms with van der Waals surface area (Å²) in [6, 6.07) is 11.0. The van der Waals surface area contributed by atoms with Gasteiger partial charge < -0.3 is 14.6 Å². The lowest BCUT2D eigenvalue weighted by atomic mass is 10.0. The van der Waals surface area contributed by atoms with Gasteiger partial charge in [-0.3, -0.25) is 4.79 Å². The lowest BCUT2D eigenvalue weighted by Crippen LogP contribution is -2.15. The van der Waals surface area contributed by atoms with E-state index in [2.05, 4.69) is 0 Å². The molecule has 0 aromatic heterocycles. The molecule has 0 bridgehead atoms. The third-order valence-corrected chi connectivity index (χ3v) is 2.98. The van der Waals surface area contributed by atoms with Crippen molar-refractivity contribution in [1.29, 1.82) is 0 Å². The topological polar surface area (TPSA) is 72.8 Å². The fourth-order valence-corrected chi connectivity index (χ4v) is 2.12. The average molecular weight is 288 g/mol. The van der Waals surface area contributed by atoms with E-state index in [4.69, 9.17) is 14.6 Å². The third-order valence-electron chi connectivity index (χ3n) is 2.98. The summed E-state index contributed by atoms with van der Waals surface area (Å²) in [4.78, 5) is 22.4. The highest BCUT2D eigenvalue weighted by molar-refractivity contribution is 5.91. The maximum atomic E-state index is 11.3. The predicted octanol–water partition coefficient (Wildman–Crippen LogP) is 2.41. The molecule has 0 spiro atoms. The van der Waals surface area contributed by atoms with Crippen LogP contribution in [0.1, 0.15) is 12.5 Å². The highest BCUT2D eigenvalue weighted by atomic mass is 16.6. The summed E-state index contributed by atoms with van der Waals surface area (Å²) >= 11 is 0. The molecule has 5 heteroatoms. The second kappa shape index (κ2) is 6.74. The third kappa shape index (κ3) is 3.72. The molecule has 0 amide bonds. The molecule has 0 aliphatic carbocycles. The zero-order valence-electron chi connectivity index (χ0n) is 11.7. The molecular weight excluding hydrogens is 272 g/mol. The number of carbonyl (C=O) groups is 2. The van der Waals surface area contributed by atoms with Crippen LogP contribution in [0.3, 0.4) is 0 Å². The van der Waals surface area contributed by atoms with E-state index in [9.17, 15) is 9.59 Å². The molecule has 0 unspecified atom stereocenters. The number of rotatable bonds is 6. The predicted molar refractivity (Wildman–Crippen MR) is 77.4 cm³/mol. The van der Waals surface area contributed by atoms with Gasteiger partial charge in [0.05, 0.1) is 13.0 Å². The van der Waals surface area contributed by atoms with Gasteiger partial charge in [-0.25, -0.2) is 4.79 Å². The van der Waals surface area contributed by atoms with Gasteiger partial charge in [0, 0.05) is 5.56 Å². The van der Waals surface area contributed by atoms with E-state index in [1.165, 1.54) is 0 Å². The quantitative estimate of drug-likeness (QED) is 0.826. The van der Waals surface area contributed by atoms with Crippen molar-refractivity contribution < 1.29 is 24.2 Å². The van der Waals surface area contributed by atoms with Gasteiger partial charge in [0.2, 0.25) is 0 Å². The highest BCUT2D eigenvalue weighted by Gasteiger charge is 2.13. The fraction of sp³-hybridized carbons (Fsp3) is 0.250. The molecule has 0 fully saturated rings. The summed E-state index contributed by atoms with van der Waals surface area (Å²) in [5.74, 6) is -1.04. The molecule has 5 nitrogen and oxygen atoms in total. The van der Waals surface area contributed by atoms with Crippen LogP contribution < -0.4 is 4.74 Å². The number of aliphatic carboxylic acids is 1. The van der Waals surface area contributed by atoms with Crippen LogP contribution in [0.15, 0.2) is 36.4 Å². The van der Waals surface area contributed by atoms with E-state index >= 15 is 0 Å². The maximum absolute atomic E-state index is 11.3. The molecule has 0 atom stereocenters.